The van der Waals surface area contributed by atoms with E-state index in [2.05, 4.69) is 0 Å². The van der Waals surface area contributed by atoms with Crippen LogP contribution in [-0.2, 0) is 15.6 Å². The quantitative estimate of drug-likeness (QED) is 0.595. The molecule has 0 aliphatic carbocycles. The molecule has 1 aliphatic heterocycles. The van der Waals surface area contributed by atoms with Crippen LogP contribution in [0.5, 0.6) is 0 Å². The third kappa shape index (κ3) is 1.83. The lowest BCUT2D eigenvalue weighted by atomic mass is 10.5. The molecular formula is C6H10O2S2. The van der Waals surface area contributed by atoms with Crippen molar-refractivity contribution in [2.24, 2.45) is 0 Å². The Morgan fingerprint density at radius 3 is 2.80 bits per heavy atom. The highest BCUT2D eigenvalue weighted by atomic mass is 32.2. The van der Waals surface area contributed by atoms with Crippen LogP contribution in [0.1, 0.15) is 13.3 Å². The molecule has 0 saturated carbocycles. The van der Waals surface area contributed by atoms with Gasteiger partial charge in [0, 0.05) is 16.6 Å². The molecule has 4 heteroatoms. The number of thioether (sulfide) groups is 1. The minimum Gasteiger partial charge on any atom is -0.298 e. The highest BCUT2D eigenvalue weighted by molar-refractivity contribution is 8.12. The van der Waals surface area contributed by atoms with E-state index < -0.39 is 10.8 Å². The van der Waals surface area contributed by atoms with Gasteiger partial charge in [-0.3, -0.25) is 9.00 Å². The predicted octanol–water partition coefficient (Wildman–Crippen LogP) is 0.787. The fourth-order valence-electron chi connectivity index (χ4n) is 0.877. The molecule has 1 heterocycles. The summed E-state index contributed by atoms with van der Waals surface area (Å²) in [6.45, 7) is 1.51. The molecule has 0 radical (unpaired) electrons. The van der Waals surface area contributed by atoms with Gasteiger partial charge in [0.15, 0.2) is 5.78 Å². The normalized spacial score (nSPS) is 33.7. The second kappa shape index (κ2) is 3.53. The van der Waals surface area contributed by atoms with Crippen molar-refractivity contribution >= 4 is 28.3 Å². The van der Waals surface area contributed by atoms with Crippen LogP contribution in [-0.4, -0.2) is 26.1 Å². The van der Waals surface area contributed by atoms with Crippen LogP contribution in [0.2, 0.25) is 0 Å². The monoisotopic (exact) mass is 178 g/mol. The van der Waals surface area contributed by atoms with E-state index in [-0.39, 0.29) is 10.4 Å². The fraction of sp³-hybridized carbons (Fsp3) is 0.833. The lowest BCUT2D eigenvalue weighted by Crippen LogP contribution is -2.26. The van der Waals surface area contributed by atoms with E-state index in [0.29, 0.717) is 5.75 Å². The Balaban J connectivity index is 2.56. The van der Waals surface area contributed by atoms with Crippen molar-refractivity contribution in [1.29, 1.82) is 0 Å². The van der Waals surface area contributed by atoms with Gasteiger partial charge in [0.05, 0.1) is 0 Å². The molecule has 1 fully saturated rings. The molecule has 0 amide bonds. The molecule has 0 aromatic heterocycles. The lowest BCUT2D eigenvalue weighted by Gasteiger charge is -2.17. The number of ketones is 1. The molecule has 1 aliphatic rings. The summed E-state index contributed by atoms with van der Waals surface area (Å²) < 4.78 is 10.9. The third-order valence-corrected chi connectivity index (χ3v) is 5.04. The summed E-state index contributed by atoms with van der Waals surface area (Å²) in [4.78, 5) is 10.8. The summed E-state index contributed by atoms with van der Waals surface area (Å²) >= 11 is 1.53. The standard InChI is InChI=1S/C6H10O2S2/c1-5(7)6-9-3-2-4-10(6)8/h6H,2-4H2,1H3. The lowest BCUT2D eigenvalue weighted by molar-refractivity contribution is -0.115. The van der Waals surface area contributed by atoms with Gasteiger partial charge in [0.25, 0.3) is 0 Å². The van der Waals surface area contributed by atoms with E-state index in [1.807, 2.05) is 0 Å². The highest BCUT2D eigenvalue weighted by Crippen LogP contribution is 2.22. The maximum absolute atomic E-state index is 11.1. The van der Waals surface area contributed by atoms with E-state index in [4.69, 9.17) is 0 Å². The average Bonchev–Trinajstić information content (AvgIpc) is 1.88. The smallest absolute Gasteiger partial charge is 0.155 e. The van der Waals surface area contributed by atoms with Crippen LogP contribution in [0, 0.1) is 0 Å². The average molecular weight is 178 g/mol. The maximum Gasteiger partial charge on any atom is 0.155 e. The molecule has 0 spiro atoms. The zero-order valence-corrected chi connectivity index (χ0v) is 7.46. The Morgan fingerprint density at radius 1 is 1.70 bits per heavy atom. The van der Waals surface area contributed by atoms with Crippen LogP contribution >= 0.6 is 11.8 Å². The van der Waals surface area contributed by atoms with Crippen LogP contribution in [0.15, 0.2) is 0 Å². The van der Waals surface area contributed by atoms with Crippen molar-refractivity contribution < 1.29 is 9.00 Å². The summed E-state index contributed by atoms with van der Waals surface area (Å²) in [5.41, 5.74) is 0. The number of hydrogen-bond donors (Lipinski definition) is 0. The van der Waals surface area contributed by atoms with Gasteiger partial charge in [0.1, 0.15) is 4.58 Å². The Labute approximate surface area is 67.2 Å². The molecular weight excluding hydrogens is 168 g/mol. The minimum absolute atomic E-state index is 0.0584. The molecule has 0 bridgehead atoms. The van der Waals surface area contributed by atoms with Crippen molar-refractivity contribution in [3.05, 3.63) is 0 Å². The number of carbonyl (C=O) groups is 1. The van der Waals surface area contributed by atoms with E-state index in [0.717, 1.165) is 12.2 Å². The Kier molecular flexibility index (Phi) is 2.92. The Morgan fingerprint density at radius 2 is 2.40 bits per heavy atom. The molecule has 0 aromatic carbocycles. The summed E-state index contributed by atoms with van der Waals surface area (Å²) in [5.74, 6) is 1.75. The molecule has 2 unspecified atom stereocenters. The van der Waals surface area contributed by atoms with Gasteiger partial charge in [-0.05, 0) is 19.1 Å². The summed E-state index contributed by atoms with van der Waals surface area (Å²) in [6, 6.07) is 0. The molecule has 2 nitrogen and oxygen atoms in total. The first-order chi connectivity index (χ1) is 4.72. The maximum atomic E-state index is 11.1. The van der Waals surface area contributed by atoms with Gasteiger partial charge in [-0.2, -0.15) is 0 Å². The first-order valence-electron chi connectivity index (χ1n) is 3.21. The van der Waals surface area contributed by atoms with Gasteiger partial charge in [-0.1, -0.05) is 0 Å². The van der Waals surface area contributed by atoms with Crippen molar-refractivity contribution in [1.82, 2.24) is 0 Å². The van der Waals surface area contributed by atoms with Gasteiger partial charge in [0.2, 0.25) is 0 Å². The van der Waals surface area contributed by atoms with Gasteiger partial charge < -0.3 is 0 Å². The van der Waals surface area contributed by atoms with E-state index in [9.17, 15) is 9.00 Å². The van der Waals surface area contributed by atoms with Crippen LogP contribution in [0.3, 0.4) is 0 Å². The first-order valence-corrected chi connectivity index (χ1v) is 5.64. The minimum atomic E-state index is -0.895. The second-order valence-corrected chi connectivity index (χ2v) is 5.40. The summed E-state index contributed by atoms with van der Waals surface area (Å²) in [6.07, 6.45) is 0.987. The van der Waals surface area contributed by atoms with Gasteiger partial charge in [-0.25, -0.2) is 0 Å². The number of hydrogen-bond acceptors (Lipinski definition) is 3. The zero-order valence-electron chi connectivity index (χ0n) is 5.83. The van der Waals surface area contributed by atoms with Crippen LogP contribution < -0.4 is 0 Å². The molecule has 0 N–H and O–H groups in total. The van der Waals surface area contributed by atoms with Crippen molar-refractivity contribution in [2.45, 2.75) is 17.9 Å². The molecule has 10 heavy (non-hydrogen) atoms. The topological polar surface area (TPSA) is 34.1 Å². The van der Waals surface area contributed by atoms with Crippen LogP contribution in [0.25, 0.3) is 0 Å². The van der Waals surface area contributed by atoms with Crippen molar-refractivity contribution in [2.75, 3.05) is 11.5 Å². The number of Topliss-reactive ketones (excluding diaryl/α,β-unsaturated/α-hetero) is 1. The second-order valence-electron chi connectivity index (χ2n) is 2.25. The Hall–Kier alpha value is 0.170. The summed E-state index contributed by atoms with van der Waals surface area (Å²) in [5, 5.41) is 0. The SMILES string of the molecule is CC(=O)C1SCCCS1=O. The third-order valence-electron chi connectivity index (χ3n) is 1.33. The zero-order chi connectivity index (χ0) is 7.56. The number of carbonyl (C=O) groups excluding carboxylic acids is 1. The largest absolute Gasteiger partial charge is 0.298 e. The van der Waals surface area contributed by atoms with E-state index in [1.165, 1.54) is 18.7 Å². The van der Waals surface area contributed by atoms with Crippen molar-refractivity contribution in [3.63, 3.8) is 0 Å². The molecule has 0 aromatic rings. The molecule has 1 saturated heterocycles. The van der Waals surface area contributed by atoms with Crippen LogP contribution in [0.4, 0.5) is 0 Å². The predicted molar refractivity (Wildman–Crippen MR) is 44.6 cm³/mol. The molecule has 1 rings (SSSR count). The van der Waals surface area contributed by atoms with Gasteiger partial charge >= 0.3 is 0 Å². The van der Waals surface area contributed by atoms with E-state index >= 15 is 0 Å². The summed E-state index contributed by atoms with van der Waals surface area (Å²) in [7, 11) is -0.895. The van der Waals surface area contributed by atoms with Gasteiger partial charge in [-0.15, -0.1) is 11.8 Å². The number of rotatable bonds is 1. The van der Waals surface area contributed by atoms with Crippen molar-refractivity contribution in [3.8, 4) is 0 Å². The first kappa shape index (κ1) is 8.27. The highest BCUT2D eigenvalue weighted by Gasteiger charge is 2.24. The molecule has 2 atom stereocenters. The van der Waals surface area contributed by atoms with E-state index in [1.54, 1.807) is 0 Å². The molecule has 58 valence electrons. The Bertz CT molecular complexity index is 167. The fourth-order valence-corrected chi connectivity index (χ4v) is 4.02.